The Morgan fingerprint density at radius 2 is 1.60 bits per heavy atom. The van der Waals surface area contributed by atoms with E-state index in [0.29, 0.717) is 46.4 Å². The maximum Gasteiger partial charge on any atom is 0.455 e. The number of aromatic hydroxyl groups is 1. The summed E-state index contributed by atoms with van der Waals surface area (Å²) in [5.74, 6) is -5.00. The molecule has 0 bridgehead atoms. The minimum Gasteiger partial charge on any atom is -0.507 e. The molecule has 0 spiro atoms. The Morgan fingerprint density at radius 1 is 0.958 bits per heavy atom. The van der Waals surface area contributed by atoms with Gasteiger partial charge in [0.05, 0.1) is 41.4 Å². The molecule has 0 radical (unpaired) electrons. The Hall–Kier alpha value is -4.14. The summed E-state index contributed by atoms with van der Waals surface area (Å²) in [6.07, 6.45) is -8.78. The Bertz CT molecular complexity index is 1820. The van der Waals surface area contributed by atoms with Crippen LogP contribution in [-0.2, 0) is 26.6 Å². The number of alkyl halides is 6. The molecule has 2 amide bonds. The second kappa shape index (κ2) is 12.4. The van der Waals surface area contributed by atoms with E-state index in [1.54, 1.807) is 18.2 Å². The van der Waals surface area contributed by atoms with E-state index in [1.165, 1.54) is 0 Å². The lowest BCUT2D eigenvalue weighted by Gasteiger charge is -2.42. The summed E-state index contributed by atoms with van der Waals surface area (Å²) < 4.78 is 87.5. The zero-order valence-electron chi connectivity index (χ0n) is 25.5. The van der Waals surface area contributed by atoms with Crippen molar-refractivity contribution in [1.82, 2.24) is 0 Å². The van der Waals surface area contributed by atoms with E-state index < -0.39 is 78.6 Å². The van der Waals surface area contributed by atoms with Gasteiger partial charge in [0.1, 0.15) is 5.75 Å². The van der Waals surface area contributed by atoms with Crippen LogP contribution in [0, 0.1) is 17.8 Å². The van der Waals surface area contributed by atoms with E-state index in [1.807, 2.05) is 31.2 Å². The van der Waals surface area contributed by atoms with Crippen molar-refractivity contribution < 1.29 is 55.8 Å². The SMILES string of the molecule is C/C(=C\c1ccc(O)c2ccccc12)CC[C@H]1OB(O)C[C@H]2C1=C(CO)C[C@H]1C(=O)N(c3cc(C(F)(F)F)cc(C(F)(F)F)c3)C(=O)[C@H]12. The predicted molar refractivity (Wildman–Crippen MR) is 164 cm³/mol. The summed E-state index contributed by atoms with van der Waals surface area (Å²) in [6, 6.07) is 11.3. The van der Waals surface area contributed by atoms with Gasteiger partial charge in [0.2, 0.25) is 11.8 Å². The fourth-order valence-electron chi connectivity index (χ4n) is 7.36. The molecule has 0 aromatic heterocycles. The van der Waals surface area contributed by atoms with Crippen molar-refractivity contribution in [3.8, 4) is 5.75 Å². The summed E-state index contributed by atoms with van der Waals surface area (Å²) in [5, 5.41) is 32.8. The van der Waals surface area contributed by atoms with E-state index >= 15 is 0 Å². The van der Waals surface area contributed by atoms with Gasteiger partial charge in [-0.3, -0.25) is 9.59 Å². The number of imide groups is 1. The zero-order chi connectivity index (χ0) is 34.7. The zero-order valence-corrected chi connectivity index (χ0v) is 25.5. The Morgan fingerprint density at radius 3 is 2.23 bits per heavy atom. The summed E-state index contributed by atoms with van der Waals surface area (Å²) in [6.45, 7) is 1.36. The third-order valence-corrected chi connectivity index (χ3v) is 9.47. The number of anilines is 1. The molecule has 2 aliphatic heterocycles. The lowest BCUT2D eigenvalue weighted by Crippen LogP contribution is -2.46. The molecule has 2 heterocycles. The number of fused-ring (bicyclic) bond motifs is 4. The number of benzene rings is 3. The van der Waals surface area contributed by atoms with Crippen LogP contribution in [0.15, 0.2) is 71.3 Å². The molecule has 14 heteroatoms. The van der Waals surface area contributed by atoms with Gasteiger partial charge in [-0.25, -0.2) is 4.90 Å². The van der Waals surface area contributed by atoms with E-state index in [2.05, 4.69) is 0 Å². The number of allylic oxidation sites excluding steroid dienone is 1. The quantitative estimate of drug-likeness (QED) is 0.116. The number of carbonyl (C=O) groups excluding carboxylic acids is 2. The molecule has 7 nitrogen and oxygen atoms in total. The van der Waals surface area contributed by atoms with E-state index in [9.17, 15) is 51.2 Å². The number of carbonyl (C=O) groups is 2. The predicted octanol–water partition coefficient (Wildman–Crippen LogP) is 6.76. The first-order valence-electron chi connectivity index (χ1n) is 15.3. The topological polar surface area (TPSA) is 107 Å². The molecule has 2 fully saturated rings. The molecule has 252 valence electrons. The Kier molecular flexibility index (Phi) is 8.71. The van der Waals surface area contributed by atoms with Crippen LogP contribution in [0.4, 0.5) is 32.0 Å². The van der Waals surface area contributed by atoms with E-state index in [0.717, 1.165) is 16.5 Å². The highest BCUT2D eigenvalue weighted by Crippen LogP contribution is 2.52. The number of nitrogens with zero attached hydrogens (tertiary/aromatic N) is 1. The van der Waals surface area contributed by atoms with Gasteiger partial charge in [-0.05, 0) is 84.8 Å². The molecule has 48 heavy (non-hydrogen) atoms. The fourth-order valence-corrected chi connectivity index (χ4v) is 7.36. The normalized spacial score (nSPS) is 23.6. The van der Waals surface area contributed by atoms with Crippen molar-refractivity contribution in [3.05, 3.63) is 88.0 Å². The number of phenolic OH excluding ortho intramolecular Hbond substituents is 1. The highest BCUT2D eigenvalue weighted by atomic mass is 19.4. The summed E-state index contributed by atoms with van der Waals surface area (Å²) in [7, 11) is -1.38. The Balaban J connectivity index is 1.30. The molecule has 0 saturated carbocycles. The van der Waals surface area contributed by atoms with Crippen LogP contribution in [0.2, 0.25) is 6.32 Å². The van der Waals surface area contributed by atoms with Gasteiger partial charge in [0.15, 0.2) is 0 Å². The number of phenols is 1. The lowest BCUT2D eigenvalue weighted by molar-refractivity contribution is -0.143. The molecule has 3 aromatic rings. The number of amides is 2. The van der Waals surface area contributed by atoms with Crippen molar-refractivity contribution in [1.29, 1.82) is 0 Å². The van der Waals surface area contributed by atoms with Crippen LogP contribution < -0.4 is 4.90 Å². The van der Waals surface area contributed by atoms with Crippen LogP contribution in [0.3, 0.4) is 0 Å². The summed E-state index contributed by atoms with van der Waals surface area (Å²) in [4.78, 5) is 27.8. The van der Waals surface area contributed by atoms with Crippen molar-refractivity contribution in [3.63, 3.8) is 0 Å². The highest BCUT2D eigenvalue weighted by Gasteiger charge is 2.58. The first-order chi connectivity index (χ1) is 22.6. The summed E-state index contributed by atoms with van der Waals surface area (Å²) in [5.41, 5.74) is -1.51. The van der Waals surface area contributed by atoms with Crippen molar-refractivity contribution >= 4 is 41.5 Å². The van der Waals surface area contributed by atoms with Gasteiger partial charge < -0.3 is 19.9 Å². The smallest absolute Gasteiger partial charge is 0.455 e. The number of hydrogen-bond donors (Lipinski definition) is 3. The number of rotatable bonds is 6. The van der Waals surface area contributed by atoms with Crippen LogP contribution in [-0.4, -0.2) is 46.9 Å². The third-order valence-electron chi connectivity index (χ3n) is 9.47. The third kappa shape index (κ3) is 6.12. The molecular weight excluding hydrogens is 643 g/mol. The molecule has 4 atom stereocenters. The molecule has 2 saturated heterocycles. The first kappa shape index (κ1) is 33.8. The van der Waals surface area contributed by atoms with Gasteiger partial charge in [-0.15, -0.1) is 0 Å². The molecule has 3 aromatic carbocycles. The minimum absolute atomic E-state index is 0.0783. The minimum atomic E-state index is -5.19. The van der Waals surface area contributed by atoms with E-state index in [4.69, 9.17) is 4.65 Å². The van der Waals surface area contributed by atoms with Gasteiger partial charge in [-0.1, -0.05) is 42.0 Å². The second-order valence-corrected chi connectivity index (χ2v) is 12.5. The number of aliphatic hydroxyl groups is 1. The van der Waals surface area contributed by atoms with Crippen LogP contribution in [0.5, 0.6) is 5.75 Å². The molecule has 3 aliphatic rings. The maximum absolute atomic E-state index is 13.8. The first-order valence-corrected chi connectivity index (χ1v) is 15.3. The maximum atomic E-state index is 13.8. The van der Waals surface area contributed by atoms with Gasteiger partial charge >= 0.3 is 19.5 Å². The monoisotopic (exact) mass is 673 g/mol. The lowest BCUT2D eigenvalue weighted by atomic mass is 9.58. The molecule has 0 unspecified atom stereocenters. The van der Waals surface area contributed by atoms with E-state index in [-0.39, 0.29) is 24.6 Å². The van der Waals surface area contributed by atoms with Crippen molar-refractivity contribution in [2.45, 2.75) is 51.0 Å². The van der Waals surface area contributed by atoms with Gasteiger partial charge in [0.25, 0.3) is 0 Å². The van der Waals surface area contributed by atoms with Crippen LogP contribution in [0.1, 0.15) is 42.9 Å². The van der Waals surface area contributed by atoms with Crippen molar-refractivity contribution in [2.24, 2.45) is 17.8 Å². The molecule has 3 N–H and O–H groups in total. The standard InChI is InChI=1S/C34H30BF6NO6/c1-17(10-18-7-8-27(44)24-5-3-2-4-23(18)24)6-9-28-29-19(16-43)11-25-30(26(29)15-35(47)48-28)32(46)42(31(25)45)22-13-20(33(36,37)38)12-21(14-22)34(39,40)41/h2-5,7-8,10,12-14,25-26,28,30,43-44,47H,6,9,11,15-16H2,1H3/b17-10+/t25-,26+,28-,30-/m1/s1. The average molecular weight is 673 g/mol. The average Bonchev–Trinajstić information content (AvgIpc) is 3.28. The molecule has 6 rings (SSSR count). The van der Waals surface area contributed by atoms with Crippen LogP contribution in [0.25, 0.3) is 16.8 Å². The van der Waals surface area contributed by atoms with Crippen molar-refractivity contribution in [2.75, 3.05) is 11.5 Å². The number of hydrogen-bond acceptors (Lipinski definition) is 6. The van der Waals surface area contributed by atoms with Crippen LogP contribution >= 0.6 is 0 Å². The molecular formula is C34H30BF6NO6. The largest absolute Gasteiger partial charge is 0.507 e. The van der Waals surface area contributed by atoms with Gasteiger partial charge in [0, 0.05) is 5.39 Å². The number of aliphatic hydroxyl groups excluding tert-OH is 1. The molecule has 1 aliphatic carbocycles. The number of halogens is 6. The summed E-state index contributed by atoms with van der Waals surface area (Å²) >= 11 is 0. The Labute approximate surface area is 271 Å². The highest BCUT2D eigenvalue weighted by molar-refractivity contribution is 6.43. The fraction of sp³-hybridized carbons (Fsp3) is 0.353. The second-order valence-electron chi connectivity index (χ2n) is 12.5. The van der Waals surface area contributed by atoms with Gasteiger partial charge in [-0.2, -0.15) is 26.3 Å².